The molecule has 1 aliphatic rings. The number of anilines is 1. The molecular formula is C18H24N2O4. The van der Waals surface area contributed by atoms with Gasteiger partial charge in [-0.25, -0.2) is 4.79 Å². The van der Waals surface area contributed by atoms with Gasteiger partial charge in [-0.05, 0) is 50.5 Å². The Morgan fingerprint density at radius 2 is 1.92 bits per heavy atom. The lowest BCUT2D eigenvalue weighted by Gasteiger charge is -2.27. The van der Waals surface area contributed by atoms with E-state index in [9.17, 15) is 14.4 Å². The number of hydrogen-bond donors (Lipinski definition) is 1. The lowest BCUT2D eigenvalue weighted by atomic mass is 9.98. The van der Waals surface area contributed by atoms with Crippen molar-refractivity contribution in [2.24, 2.45) is 0 Å². The van der Waals surface area contributed by atoms with Gasteiger partial charge in [0.1, 0.15) is 5.54 Å². The van der Waals surface area contributed by atoms with Gasteiger partial charge in [0.2, 0.25) is 5.91 Å². The van der Waals surface area contributed by atoms with Crippen molar-refractivity contribution in [3.63, 3.8) is 0 Å². The molecule has 1 aromatic carbocycles. The Balaban J connectivity index is 2.11. The first kappa shape index (κ1) is 18.0. The standard InChI is InChI=1S/C18H24N2O4/c1-4-18(2,17(23)24-3)19-16(22)13-8-10-14(11-9-13)20-12-6-5-7-15(20)21/h8-11H,4-7,12H2,1-3H3,(H,19,22)/t18-/m0/s1. The van der Waals surface area contributed by atoms with Crippen LogP contribution in [0, 0.1) is 0 Å². The van der Waals surface area contributed by atoms with E-state index in [0.29, 0.717) is 24.9 Å². The van der Waals surface area contributed by atoms with Gasteiger partial charge in [-0.3, -0.25) is 9.59 Å². The van der Waals surface area contributed by atoms with Crippen LogP contribution >= 0.6 is 0 Å². The predicted octanol–water partition coefficient (Wildman–Crippen LogP) is 2.28. The molecule has 1 heterocycles. The van der Waals surface area contributed by atoms with Crippen LogP contribution in [-0.4, -0.2) is 37.0 Å². The molecule has 0 unspecified atom stereocenters. The summed E-state index contributed by atoms with van der Waals surface area (Å²) >= 11 is 0. The number of methoxy groups -OCH3 is 1. The zero-order valence-electron chi connectivity index (χ0n) is 14.4. The van der Waals surface area contributed by atoms with E-state index in [4.69, 9.17) is 4.74 Å². The zero-order valence-corrected chi connectivity index (χ0v) is 14.4. The number of carbonyl (C=O) groups excluding carboxylic acids is 3. The maximum absolute atomic E-state index is 12.4. The summed E-state index contributed by atoms with van der Waals surface area (Å²) in [6, 6.07) is 6.86. The Morgan fingerprint density at radius 1 is 1.25 bits per heavy atom. The molecule has 1 aromatic rings. The van der Waals surface area contributed by atoms with E-state index in [1.165, 1.54) is 7.11 Å². The lowest BCUT2D eigenvalue weighted by molar-refractivity contribution is -0.147. The third kappa shape index (κ3) is 3.75. The molecule has 2 amide bonds. The van der Waals surface area contributed by atoms with Gasteiger partial charge in [-0.1, -0.05) is 6.92 Å². The van der Waals surface area contributed by atoms with Crippen molar-refractivity contribution in [1.29, 1.82) is 0 Å². The first-order valence-corrected chi connectivity index (χ1v) is 8.22. The average Bonchev–Trinajstić information content (AvgIpc) is 2.61. The highest BCUT2D eigenvalue weighted by atomic mass is 16.5. The van der Waals surface area contributed by atoms with Crippen LogP contribution in [0.25, 0.3) is 0 Å². The van der Waals surface area contributed by atoms with Gasteiger partial charge in [-0.2, -0.15) is 0 Å². The second kappa shape index (κ2) is 7.47. The molecule has 0 radical (unpaired) electrons. The third-order valence-corrected chi connectivity index (χ3v) is 4.50. The molecule has 24 heavy (non-hydrogen) atoms. The molecular weight excluding hydrogens is 308 g/mol. The fraction of sp³-hybridized carbons (Fsp3) is 0.500. The molecule has 6 heteroatoms. The molecule has 0 aliphatic carbocycles. The maximum Gasteiger partial charge on any atom is 0.331 e. The Labute approximate surface area is 142 Å². The number of ether oxygens (including phenoxy) is 1. The van der Waals surface area contributed by atoms with Crippen molar-refractivity contribution in [1.82, 2.24) is 5.32 Å². The van der Waals surface area contributed by atoms with Crippen LogP contribution in [0.2, 0.25) is 0 Å². The number of hydrogen-bond acceptors (Lipinski definition) is 4. The van der Waals surface area contributed by atoms with Crippen molar-refractivity contribution in [3.8, 4) is 0 Å². The van der Waals surface area contributed by atoms with Gasteiger partial charge in [0, 0.05) is 24.2 Å². The Hall–Kier alpha value is -2.37. The lowest BCUT2D eigenvalue weighted by Crippen LogP contribution is -2.52. The molecule has 1 N–H and O–H groups in total. The molecule has 1 saturated heterocycles. The van der Waals surface area contributed by atoms with Gasteiger partial charge in [0.05, 0.1) is 7.11 Å². The average molecular weight is 332 g/mol. The fourth-order valence-electron chi connectivity index (χ4n) is 2.70. The second-order valence-corrected chi connectivity index (χ2v) is 6.18. The van der Waals surface area contributed by atoms with E-state index in [-0.39, 0.29) is 11.8 Å². The highest BCUT2D eigenvalue weighted by Crippen LogP contribution is 2.21. The minimum atomic E-state index is -1.06. The van der Waals surface area contributed by atoms with Crippen LogP contribution < -0.4 is 10.2 Å². The van der Waals surface area contributed by atoms with E-state index >= 15 is 0 Å². The fourth-order valence-corrected chi connectivity index (χ4v) is 2.70. The number of nitrogens with one attached hydrogen (secondary N) is 1. The molecule has 1 fully saturated rings. The number of nitrogens with zero attached hydrogens (tertiary/aromatic N) is 1. The van der Waals surface area contributed by atoms with E-state index in [2.05, 4.69) is 5.32 Å². The van der Waals surface area contributed by atoms with E-state index < -0.39 is 11.5 Å². The van der Waals surface area contributed by atoms with Gasteiger partial charge in [0.15, 0.2) is 0 Å². The molecule has 1 atom stereocenters. The van der Waals surface area contributed by atoms with Crippen LogP contribution in [0.5, 0.6) is 0 Å². The molecule has 0 bridgehead atoms. The normalized spacial score (nSPS) is 17.1. The summed E-state index contributed by atoms with van der Waals surface area (Å²) in [5.41, 5.74) is 0.169. The summed E-state index contributed by atoms with van der Waals surface area (Å²) in [7, 11) is 1.30. The molecule has 0 spiro atoms. The first-order chi connectivity index (χ1) is 11.4. The van der Waals surface area contributed by atoms with Crippen LogP contribution in [0.3, 0.4) is 0 Å². The number of esters is 1. The van der Waals surface area contributed by atoms with Crippen LogP contribution in [-0.2, 0) is 14.3 Å². The van der Waals surface area contributed by atoms with E-state index in [1.807, 2.05) is 6.92 Å². The number of carbonyl (C=O) groups is 3. The minimum absolute atomic E-state index is 0.114. The summed E-state index contributed by atoms with van der Waals surface area (Å²) in [6.45, 7) is 4.15. The Bertz CT molecular complexity index is 626. The molecule has 0 saturated carbocycles. The summed E-state index contributed by atoms with van der Waals surface area (Å²) in [4.78, 5) is 37.9. The van der Waals surface area contributed by atoms with Crippen molar-refractivity contribution in [3.05, 3.63) is 29.8 Å². The summed E-state index contributed by atoms with van der Waals surface area (Å²) < 4.78 is 4.76. The molecule has 6 nitrogen and oxygen atoms in total. The van der Waals surface area contributed by atoms with Gasteiger partial charge in [0.25, 0.3) is 5.91 Å². The third-order valence-electron chi connectivity index (χ3n) is 4.50. The number of piperidine rings is 1. The van der Waals surface area contributed by atoms with Gasteiger partial charge in [-0.15, -0.1) is 0 Å². The van der Waals surface area contributed by atoms with Crippen LogP contribution in [0.4, 0.5) is 5.69 Å². The number of amides is 2. The Kier molecular flexibility index (Phi) is 5.59. The summed E-state index contributed by atoms with van der Waals surface area (Å²) in [5, 5.41) is 2.72. The van der Waals surface area contributed by atoms with Crippen LogP contribution in [0.15, 0.2) is 24.3 Å². The Morgan fingerprint density at radius 3 is 2.46 bits per heavy atom. The van der Waals surface area contributed by atoms with Gasteiger partial charge < -0.3 is 15.0 Å². The minimum Gasteiger partial charge on any atom is -0.467 e. The zero-order chi connectivity index (χ0) is 17.7. The van der Waals surface area contributed by atoms with Crippen molar-refractivity contribution >= 4 is 23.5 Å². The van der Waals surface area contributed by atoms with Crippen molar-refractivity contribution in [2.45, 2.75) is 45.1 Å². The summed E-state index contributed by atoms with van der Waals surface area (Å²) in [5.74, 6) is -0.710. The van der Waals surface area contributed by atoms with E-state index in [0.717, 1.165) is 18.5 Å². The molecule has 130 valence electrons. The topological polar surface area (TPSA) is 75.7 Å². The predicted molar refractivity (Wildman–Crippen MR) is 90.8 cm³/mol. The largest absolute Gasteiger partial charge is 0.467 e. The highest BCUT2D eigenvalue weighted by Gasteiger charge is 2.34. The van der Waals surface area contributed by atoms with Gasteiger partial charge >= 0.3 is 5.97 Å². The molecule has 0 aromatic heterocycles. The van der Waals surface area contributed by atoms with E-state index in [1.54, 1.807) is 36.1 Å². The number of benzene rings is 1. The smallest absolute Gasteiger partial charge is 0.331 e. The monoisotopic (exact) mass is 332 g/mol. The quantitative estimate of drug-likeness (QED) is 0.839. The highest BCUT2D eigenvalue weighted by molar-refractivity contribution is 5.99. The maximum atomic E-state index is 12.4. The SMILES string of the molecule is CC[C@](C)(NC(=O)c1ccc(N2CCCCC2=O)cc1)C(=O)OC. The second-order valence-electron chi connectivity index (χ2n) is 6.18. The number of rotatable bonds is 5. The molecule has 1 aliphatic heterocycles. The first-order valence-electron chi connectivity index (χ1n) is 8.22. The van der Waals surface area contributed by atoms with Crippen molar-refractivity contribution < 1.29 is 19.1 Å². The van der Waals surface area contributed by atoms with Crippen molar-refractivity contribution in [2.75, 3.05) is 18.6 Å². The van der Waals surface area contributed by atoms with Crippen LogP contribution in [0.1, 0.15) is 49.9 Å². The summed E-state index contributed by atoms with van der Waals surface area (Å²) in [6.07, 6.45) is 2.91. The molecule has 2 rings (SSSR count).